The molecule has 0 saturated heterocycles. The van der Waals surface area contributed by atoms with Crippen molar-refractivity contribution in [3.05, 3.63) is 33.3 Å². The van der Waals surface area contributed by atoms with E-state index in [0.717, 1.165) is 42.1 Å². The van der Waals surface area contributed by atoms with E-state index in [1.807, 2.05) is 13.8 Å². The molecular formula is C20H29BrO4. The van der Waals surface area contributed by atoms with Crippen LogP contribution in [-0.4, -0.2) is 25.2 Å². The van der Waals surface area contributed by atoms with E-state index in [1.165, 1.54) is 0 Å². The van der Waals surface area contributed by atoms with Crippen molar-refractivity contribution in [3.8, 4) is 0 Å². The third-order valence-electron chi connectivity index (χ3n) is 3.90. The Bertz CT molecular complexity index is 581. The first kappa shape index (κ1) is 21.7. The lowest BCUT2D eigenvalue weighted by Crippen LogP contribution is -2.16. The maximum absolute atomic E-state index is 12.4. The summed E-state index contributed by atoms with van der Waals surface area (Å²) in [7, 11) is 0. The number of hydrogen-bond acceptors (Lipinski definition) is 4. The Kier molecular flexibility index (Phi) is 9.79. The van der Waals surface area contributed by atoms with Crippen molar-refractivity contribution in [1.29, 1.82) is 0 Å². The number of ether oxygens (including phenoxy) is 2. The number of rotatable bonds is 10. The largest absolute Gasteiger partial charge is 0.462 e. The van der Waals surface area contributed by atoms with Crippen LogP contribution in [0.25, 0.3) is 0 Å². The summed E-state index contributed by atoms with van der Waals surface area (Å²) in [6.07, 6.45) is 4.31. The van der Waals surface area contributed by atoms with Gasteiger partial charge in [0.1, 0.15) is 0 Å². The van der Waals surface area contributed by atoms with Gasteiger partial charge in [0.05, 0.1) is 24.3 Å². The van der Waals surface area contributed by atoms with E-state index in [1.54, 1.807) is 12.1 Å². The van der Waals surface area contributed by atoms with Crippen molar-refractivity contribution in [3.63, 3.8) is 0 Å². The van der Waals surface area contributed by atoms with Gasteiger partial charge in [-0.3, -0.25) is 0 Å². The lowest BCUT2D eigenvalue weighted by Gasteiger charge is -2.13. The highest BCUT2D eigenvalue weighted by atomic mass is 79.9. The van der Waals surface area contributed by atoms with Crippen LogP contribution < -0.4 is 0 Å². The minimum absolute atomic E-state index is 0.259. The molecule has 0 aliphatic heterocycles. The van der Waals surface area contributed by atoms with Gasteiger partial charge in [-0.2, -0.15) is 0 Å². The van der Waals surface area contributed by atoms with Crippen LogP contribution in [0.5, 0.6) is 0 Å². The molecule has 0 spiro atoms. The molecule has 4 nitrogen and oxygen atoms in total. The third kappa shape index (κ3) is 7.18. The van der Waals surface area contributed by atoms with Crippen molar-refractivity contribution < 1.29 is 19.1 Å². The quantitative estimate of drug-likeness (QED) is 0.372. The molecule has 0 N–H and O–H groups in total. The topological polar surface area (TPSA) is 52.6 Å². The summed E-state index contributed by atoms with van der Waals surface area (Å²) >= 11 is 3.46. The van der Waals surface area contributed by atoms with Crippen molar-refractivity contribution in [2.75, 3.05) is 13.2 Å². The maximum Gasteiger partial charge on any atom is 0.339 e. The summed E-state index contributed by atoms with van der Waals surface area (Å²) in [5.74, 6) is -0.375. The van der Waals surface area contributed by atoms with Crippen LogP contribution in [0.2, 0.25) is 0 Å². The molecule has 0 atom stereocenters. The summed E-state index contributed by atoms with van der Waals surface area (Å²) in [4.78, 5) is 24.8. The van der Waals surface area contributed by atoms with E-state index >= 15 is 0 Å². The van der Waals surface area contributed by atoms with Crippen LogP contribution in [0.3, 0.4) is 0 Å². The number of esters is 2. The van der Waals surface area contributed by atoms with Crippen molar-refractivity contribution in [1.82, 2.24) is 0 Å². The van der Waals surface area contributed by atoms with Gasteiger partial charge in [-0.1, -0.05) is 50.0 Å². The number of hydrogen-bond donors (Lipinski definition) is 0. The highest BCUT2D eigenvalue weighted by Gasteiger charge is 2.21. The molecule has 0 aliphatic carbocycles. The minimum Gasteiger partial charge on any atom is -0.462 e. The van der Waals surface area contributed by atoms with Gasteiger partial charge in [-0.15, -0.1) is 0 Å². The lowest BCUT2D eigenvalue weighted by atomic mass is 10.0. The van der Waals surface area contributed by atoms with E-state index in [9.17, 15) is 9.59 Å². The van der Waals surface area contributed by atoms with Crippen molar-refractivity contribution >= 4 is 27.9 Å². The standard InChI is InChI=1S/C20H29BrO4/c1-5-7-10-24-19(22)16-12-15(6-2)18(21)13-17(16)20(23)25-11-8-9-14(3)4/h12-14H,5-11H2,1-4H3. The zero-order valence-electron chi connectivity index (χ0n) is 15.7. The smallest absolute Gasteiger partial charge is 0.339 e. The molecule has 1 rings (SSSR count). The van der Waals surface area contributed by atoms with Gasteiger partial charge in [0, 0.05) is 4.47 Å². The molecule has 0 heterocycles. The molecule has 0 aliphatic rings. The first-order valence-corrected chi connectivity index (χ1v) is 9.86. The summed E-state index contributed by atoms with van der Waals surface area (Å²) in [5, 5.41) is 0. The number of benzene rings is 1. The number of unbranched alkanes of at least 4 members (excludes halogenated alkanes) is 1. The van der Waals surface area contributed by atoms with E-state index in [-0.39, 0.29) is 11.1 Å². The molecule has 1 aromatic carbocycles. The Morgan fingerprint density at radius 3 is 2.08 bits per heavy atom. The second kappa shape index (κ2) is 11.3. The van der Waals surface area contributed by atoms with Crippen LogP contribution in [0, 0.1) is 5.92 Å². The Morgan fingerprint density at radius 1 is 1.00 bits per heavy atom. The Hall–Kier alpha value is -1.36. The fourth-order valence-corrected chi connectivity index (χ4v) is 2.97. The third-order valence-corrected chi connectivity index (χ3v) is 4.64. The zero-order valence-corrected chi connectivity index (χ0v) is 17.3. The fraction of sp³-hybridized carbons (Fsp3) is 0.600. The molecule has 0 saturated carbocycles. The molecule has 1 aromatic rings. The van der Waals surface area contributed by atoms with Crippen molar-refractivity contribution in [2.45, 2.75) is 59.8 Å². The second-order valence-corrected chi connectivity index (χ2v) is 7.36. The SMILES string of the molecule is CCCCOC(=O)c1cc(CC)c(Br)cc1C(=O)OCCCC(C)C. The van der Waals surface area contributed by atoms with E-state index in [0.29, 0.717) is 19.1 Å². The summed E-state index contributed by atoms with van der Waals surface area (Å²) in [6.45, 7) is 9.00. The summed E-state index contributed by atoms with van der Waals surface area (Å²) < 4.78 is 11.4. The monoisotopic (exact) mass is 412 g/mol. The summed E-state index contributed by atoms with van der Waals surface area (Å²) in [6, 6.07) is 3.39. The Morgan fingerprint density at radius 2 is 1.56 bits per heavy atom. The van der Waals surface area contributed by atoms with Gasteiger partial charge in [0.15, 0.2) is 0 Å². The lowest BCUT2D eigenvalue weighted by molar-refractivity contribution is 0.0450. The summed E-state index contributed by atoms with van der Waals surface area (Å²) in [5.41, 5.74) is 1.50. The Balaban J connectivity index is 2.93. The average Bonchev–Trinajstić information content (AvgIpc) is 2.58. The van der Waals surface area contributed by atoms with Gasteiger partial charge in [-0.05, 0) is 49.3 Å². The molecule has 0 amide bonds. The normalized spacial score (nSPS) is 10.8. The molecular weight excluding hydrogens is 384 g/mol. The predicted octanol–water partition coefficient (Wildman–Crippen LogP) is 5.56. The van der Waals surface area contributed by atoms with Crippen LogP contribution in [-0.2, 0) is 15.9 Å². The van der Waals surface area contributed by atoms with Gasteiger partial charge in [0.2, 0.25) is 0 Å². The molecule has 0 radical (unpaired) electrons. The van der Waals surface area contributed by atoms with Crippen LogP contribution >= 0.6 is 15.9 Å². The highest BCUT2D eigenvalue weighted by molar-refractivity contribution is 9.10. The van der Waals surface area contributed by atoms with Crippen LogP contribution in [0.15, 0.2) is 16.6 Å². The van der Waals surface area contributed by atoms with Gasteiger partial charge in [-0.25, -0.2) is 9.59 Å². The molecule has 25 heavy (non-hydrogen) atoms. The molecule has 5 heteroatoms. The number of carbonyl (C=O) groups excluding carboxylic acids is 2. The van der Waals surface area contributed by atoms with Crippen LogP contribution in [0.4, 0.5) is 0 Å². The van der Waals surface area contributed by atoms with Crippen molar-refractivity contribution in [2.24, 2.45) is 5.92 Å². The average molecular weight is 413 g/mol. The predicted molar refractivity (Wildman–Crippen MR) is 103 cm³/mol. The molecule has 140 valence electrons. The van der Waals surface area contributed by atoms with E-state index in [2.05, 4.69) is 29.8 Å². The van der Waals surface area contributed by atoms with Crippen LogP contribution in [0.1, 0.15) is 79.7 Å². The number of carbonyl (C=O) groups is 2. The van der Waals surface area contributed by atoms with Gasteiger partial charge < -0.3 is 9.47 Å². The second-order valence-electron chi connectivity index (χ2n) is 6.50. The zero-order chi connectivity index (χ0) is 18.8. The van der Waals surface area contributed by atoms with Gasteiger partial charge >= 0.3 is 11.9 Å². The van der Waals surface area contributed by atoms with E-state index < -0.39 is 11.9 Å². The maximum atomic E-state index is 12.4. The first-order chi connectivity index (χ1) is 11.9. The first-order valence-electron chi connectivity index (χ1n) is 9.07. The highest BCUT2D eigenvalue weighted by Crippen LogP contribution is 2.24. The fourth-order valence-electron chi connectivity index (χ4n) is 2.35. The molecule has 0 bridgehead atoms. The molecule has 0 aromatic heterocycles. The molecule has 0 unspecified atom stereocenters. The Labute approximate surface area is 159 Å². The number of aryl methyl sites for hydroxylation is 1. The number of halogens is 1. The minimum atomic E-state index is -0.477. The van der Waals surface area contributed by atoms with E-state index in [4.69, 9.17) is 9.47 Å². The molecule has 0 fully saturated rings. The van der Waals surface area contributed by atoms with Gasteiger partial charge in [0.25, 0.3) is 0 Å².